The van der Waals surface area contributed by atoms with Crippen LogP contribution >= 0.6 is 15.9 Å². The van der Waals surface area contributed by atoms with E-state index in [4.69, 9.17) is 0 Å². The molecule has 0 spiro atoms. The van der Waals surface area contributed by atoms with Crippen LogP contribution < -0.4 is 5.32 Å². The predicted octanol–water partition coefficient (Wildman–Crippen LogP) is 4.35. The van der Waals surface area contributed by atoms with E-state index in [1.165, 1.54) is 31.7 Å². The lowest BCUT2D eigenvalue weighted by molar-refractivity contribution is -0.384. The Bertz CT molecular complexity index is 458. The zero-order chi connectivity index (χ0) is 13.2. The second-order valence-corrected chi connectivity index (χ2v) is 5.94. The molecule has 0 heterocycles. The number of nitrogens with zero attached hydrogens (tertiary/aromatic N) is 1. The number of anilines is 1. The van der Waals surface area contributed by atoms with Crippen LogP contribution in [0.25, 0.3) is 0 Å². The molecule has 1 aliphatic rings. The van der Waals surface area contributed by atoms with Gasteiger partial charge in [-0.05, 0) is 36.8 Å². The van der Waals surface area contributed by atoms with Gasteiger partial charge in [0.1, 0.15) is 5.69 Å². The van der Waals surface area contributed by atoms with Gasteiger partial charge in [0.2, 0.25) is 0 Å². The zero-order valence-electron chi connectivity index (χ0n) is 10.4. The van der Waals surface area contributed by atoms with Crippen LogP contribution in [0.5, 0.6) is 0 Å². The quantitative estimate of drug-likeness (QED) is 0.627. The Hall–Kier alpha value is -1.10. The van der Waals surface area contributed by atoms with Crippen molar-refractivity contribution >= 4 is 27.3 Å². The molecule has 2 rings (SSSR count). The molecule has 1 N–H and O–H groups in total. The number of nitro groups is 1. The van der Waals surface area contributed by atoms with E-state index in [1.807, 2.05) is 0 Å². The number of benzene rings is 1. The lowest BCUT2D eigenvalue weighted by atomic mass is 10.0. The molecule has 0 amide bonds. The molecule has 0 bridgehead atoms. The number of rotatable bonds is 6. The average molecular weight is 313 g/mol. The third-order valence-electron chi connectivity index (χ3n) is 3.55. The van der Waals surface area contributed by atoms with Crippen LogP contribution in [0, 0.1) is 15.5 Å². The zero-order valence-corrected chi connectivity index (χ0v) is 12.0. The van der Waals surface area contributed by atoms with E-state index < -0.39 is 0 Å². The highest BCUT2D eigenvalue weighted by molar-refractivity contribution is 9.10. The fourth-order valence-electron chi connectivity index (χ4n) is 2.31. The number of halogens is 1. The Morgan fingerprint density at radius 2 is 2.22 bits per heavy atom. The van der Waals surface area contributed by atoms with Gasteiger partial charge >= 0.3 is 0 Å². The summed E-state index contributed by atoms with van der Waals surface area (Å²) < 4.78 is 0.857. The first-order valence-corrected chi connectivity index (χ1v) is 7.03. The molecule has 1 fully saturated rings. The minimum absolute atomic E-state index is 0.144. The Kier molecular flexibility index (Phi) is 3.90. The van der Waals surface area contributed by atoms with Crippen LogP contribution in [0.15, 0.2) is 22.7 Å². The SMILES string of the molecule is CCCC1(CNc2cc(Br)ccc2[N+](=O)[O-])CC1. The van der Waals surface area contributed by atoms with Crippen LogP contribution in [0.2, 0.25) is 0 Å². The maximum Gasteiger partial charge on any atom is 0.292 e. The lowest BCUT2D eigenvalue weighted by Crippen LogP contribution is -2.15. The van der Waals surface area contributed by atoms with E-state index in [9.17, 15) is 10.1 Å². The number of hydrogen-bond acceptors (Lipinski definition) is 3. The number of hydrogen-bond donors (Lipinski definition) is 1. The van der Waals surface area contributed by atoms with Crippen molar-refractivity contribution in [3.63, 3.8) is 0 Å². The van der Waals surface area contributed by atoms with Gasteiger partial charge in [-0.3, -0.25) is 10.1 Å². The summed E-state index contributed by atoms with van der Waals surface area (Å²) in [4.78, 5) is 10.6. The fraction of sp³-hybridized carbons (Fsp3) is 0.538. The average Bonchev–Trinajstić information content (AvgIpc) is 3.07. The van der Waals surface area contributed by atoms with Gasteiger partial charge < -0.3 is 5.32 Å². The molecule has 0 aromatic heterocycles. The summed E-state index contributed by atoms with van der Waals surface area (Å²) in [6, 6.07) is 5.01. The van der Waals surface area contributed by atoms with Crippen molar-refractivity contribution < 1.29 is 4.92 Å². The van der Waals surface area contributed by atoms with E-state index in [0.717, 1.165) is 11.0 Å². The van der Waals surface area contributed by atoms with Crippen molar-refractivity contribution in [1.29, 1.82) is 0 Å². The van der Waals surface area contributed by atoms with Gasteiger partial charge in [-0.15, -0.1) is 0 Å². The van der Waals surface area contributed by atoms with Gasteiger partial charge in [-0.2, -0.15) is 0 Å². The Morgan fingerprint density at radius 3 is 2.78 bits per heavy atom. The fourth-order valence-corrected chi connectivity index (χ4v) is 2.68. The Balaban J connectivity index is 2.08. The smallest absolute Gasteiger partial charge is 0.292 e. The first-order valence-electron chi connectivity index (χ1n) is 6.24. The molecule has 1 saturated carbocycles. The minimum atomic E-state index is -0.339. The van der Waals surface area contributed by atoms with E-state index in [0.29, 0.717) is 11.1 Å². The van der Waals surface area contributed by atoms with Crippen molar-refractivity contribution in [2.45, 2.75) is 32.6 Å². The number of nitro benzene ring substituents is 1. The second-order valence-electron chi connectivity index (χ2n) is 5.02. The Morgan fingerprint density at radius 1 is 1.50 bits per heavy atom. The highest BCUT2D eigenvalue weighted by atomic mass is 79.9. The van der Waals surface area contributed by atoms with Crippen LogP contribution in [0.3, 0.4) is 0 Å². The lowest BCUT2D eigenvalue weighted by Gasteiger charge is -2.16. The molecule has 0 saturated heterocycles. The van der Waals surface area contributed by atoms with E-state index >= 15 is 0 Å². The molecule has 1 aliphatic carbocycles. The monoisotopic (exact) mass is 312 g/mol. The molecule has 1 aromatic rings. The highest BCUT2D eigenvalue weighted by Crippen LogP contribution is 2.49. The minimum Gasteiger partial charge on any atom is -0.379 e. The molecule has 18 heavy (non-hydrogen) atoms. The molecule has 0 atom stereocenters. The maximum absolute atomic E-state index is 10.9. The van der Waals surface area contributed by atoms with E-state index in [2.05, 4.69) is 28.2 Å². The summed E-state index contributed by atoms with van der Waals surface area (Å²) in [5, 5.41) is 14.2. The number of nitrogens with one attached hydrogen (secondary N) is 1. The van der Waals surface area contributed by atoms with Crippen LogP contribution in [0.1, 0.15) is 32.6 Å². The summed E-state index contributed by atoms with van der Waals surface area (Å²) in [5.41, 5.74) is 1.13. The predicted molar refractivity (Wildman–Crippen MR) is 75.9 cm³/mol. The Labute approximate surface area is 115 Å². The summed E-state index contributed by atoms with van der Waals surface area (Å²) in [6.45, 7) is 3.01. The molecule has 1 aromatic carbocycles. The van der Waals surface area contributed by atoms with Crippen LogP contribution in [-0.4, -0.2) is 11.5 Å². The van der Waals surface area contributed by atoms with Gasteiger partial charge in [0.25, 0.3) is 5.69 Å². The third-order valence-corrected chi connectivity index (χ3v) is 4.04. The van der Waals surface area contributed by atoms with Crippen molar-refractivity contribution in [1.82, 2.24) is 0 Å². The van der Waals surface area contributed by atoms with Gasteiger partial charge in [0.15, 0.2) is 0 Å². The van der Waals surface area contributed by atoms with Crippen molar-refractivity contribution in [2.24, 2.45) is 5.41 Å². The van der Waals surface area contributed by atoms with Crippen molar-refractivity contribution in [2.75, 3.05) is 11.9 Å². The maximum atomic E-state index is 10.9. The molecule has 0 radical (unpaired) electrons. The molecular weight excluding hydrogens is 296 g/mol. The van der Waals surface area contributed by atoms with Crippen molar-refractivity contribution in [3.8, 4) is 0 Å². The summed E-state index contributed by atoms with van der Waals surface area (Å²) in [7, 11) is 0. The third kappa shape index (κ3) is 3.02. The molecule has 98 valence electrons. The molecule has 0 aliphatic heterocycles. The first kappa shape index (κ1) is 13.3. The van der Waals surface area contributed by atoms with E-state index in [1.54, 1.807) is 12.1 Å². The summed E-state index contributed by atoms with van der Waals surface area (Å²) in [6.07, 6.45) is 4.83. The summed E-state index contributed by atoms with van der Waals surface area (Å²) >= 11 is 3.35. The normalized spacial score (nSPS) is 16.3. The van der Waals surface area contributed by atoms with Crippen molar-refractivity contribution in [3.05, 3.63) is 32.8 Å². The summed E-state index contributed by atoms with van der Waals surface area (Å²) in [5.74, 6) is 0. The van der Waals surface area contributed by atoms with Gasteiger partial charge in [0, 0.05) is 17.1 Å². The van der Waals surface area contributed by atoms with Gasteiger partial charge in [-0.25, -0.2) is 0 Å². The highest BCUT2D eigenvalue weighted by Gasteiger charge is 2.41. The van der Waals surface area contributed by atoms with Crippen LogP contribution in [-0.2, 0) is 0 Å². The van der Waals surface area contributed by atoms with Gasteiger partial charge in [-0.1, -0.05) is 29.3 Å². The second kappa shape index (κ2) is 5.26. The van der Waals surface area contributed by atoms with Crippen LogP contribution in [0.4, 0.5) is 11.4 Å². The molecule has 0 unspecified atom stereocenters. The molecule has 4 nitrogen and oxygen atoms in total. The van der Waals surface area contributed by atoms with E-state index in [-0.39, 0.29) is 10.6 Å². The largest absolute Gasteiger partial charge is 0.379 e. The standard InChI is InChI=1S/C13H17BrN2O2/c1-2-5-13(6-7-13)9-15-11-8-10(14)3-4-12(11)16(17)18/h3-4,8,15H,2,5-7,9H2,1H3. The molecular formula is C13H17BrN2O2. The molecule has 5 heteroatoms. The topological polar surface area (TPSA) is 55.2 Å². The first-order chi connectivity index (χ1) is 8.56. The van der Waals surface area contributed by atoms with Gasteiger partial charge in [0.05, 0.1) is 4.92 Å².